The highest BCUT2D eigenvalue weighted by molar-refractivity contribution is 5.68. The molecule has 0 spiro atoms. The second-order valence-corrected chi connectivity index (χ2v) is 4.04. The Morgan fingerprint density at radius 3 is 2.93 bits per heavy atom. The van der Waals surface area contributed by atoms with Gasteiger partial charge in [0.05, 0.1) is 5.69 Å². The monoisotopic (exact) mass is 191 g/mol. The molecule has 1 aromatic heterocycles. The first kappa shape index (κ1) is 9.31. The van der Waals surface area contributed by atoms with Crippen LogP contribution in [0.4, 0.5) is 11.5 Å². The van der Waals surface area contributed by atoms with E-state index in [9.17, 15) is 0 Å². The smallest absolute Gasteiger partial charge is 0.152 e. The van der Waals surface area contributed by atoms with Crippen LogP contribution in [0.3, 0.4) is 0 Å². The molecule has 1 N–H and O–H groups in total. The lowest BCUT2D eigenvalue weighted by molar-refractivity contribution is 0.669. The summed E-state index contributed by atoms with van der Waals surface area (Å²) in [4.78, 5) is 6.93. The molecule has 1 aliphatic heterocycles. The number of pyridine rings is 1. The molecule has 0 radical (unpaired) electrons. The minimum absolute atomic E-state index is 0.519. The van der Waals surface area contributed by atoms with Crippen LogP contribution in [0.1, 0.15) is 19.5 Å². The van der Waals surface area contributed by atoms with Crippen LogP contribution in [0, 0.1) is 6.92 Å². The molecule has 0 amide bonds. The van der Waals surface area contributed by atoms with Gasteiger partial charge in [-0.1, -0.05) is 0 Å². The number of fused-ring (bicyclic) bond motifs is 1. The van der Waals surface area contributed by atoms with Gasteiger partial charge in [-0.3, -0.25) is 0 Å². The van der Waals surface area contributed by atoms with E-state index in [4.69, 9.17) is 0 Å². The maximum atomic E-state index is 4.58. The molecule has 0 aromatic carbocycles. The zero-order valence-electron chi connectivity index (χ0n) is 9.04. The van der Waals surface area contributed by atoms with Crippen molar-refractivity contribution in [2.45, 2.75) is 26.8 Å². The SMILES string of the molecule is Cc1ccc2c(n1)N(C(C)C)CCN2. The normalized spacial score (nSPS) is 15.3. The van der Waals surface area contributed by atoms with Gasteiger partial charge in [-0.25, -0.2) is 4.98 Å². The minimum atomic E-state index is 0.519. The number of aryl methyl sites for hydroxylation is 1. The van der Waals surface area contributed by atoms with Crippen molar-refractivity contribution in [3.63, 3.8) is 0 Å². The molecule has 0 fully saturated rings. The summed E-state index contributed by atoms with van der Waals surface area (Å²) in [6.45, 7) is 8.50. The molecule has 3 nitrogen and oxygen atoms in total. The highest BCUT2D eigenvalue weighted by atomic mass is 15.3. The molecule has 0 unspecified atom stereocenters. The van der Waals surface area contributed by atoms with Gasteiger partial charge in [-0.05, 0) is 32.9 Å². The van der Waals surface area contributed by atoms with Crippen LogP contribution in [-0.4, -0.2) is 24.1 Å². The summed E-state index contributed by atoms with van der Waals surface area (Å²) in [5.41, 5.74) is 2.24. The van der Waals surface area contributed by atoms with E-state index in [2.05, 4.69) is 41.2 Å². The predicted octanol–water partition coefficient (Wildman–Crippen LogP) is 2.03. The molecule has 0 atom stereocenters. The first-order valence-electron chi connectivity index (χ1n) is 5.16. The number of hydrogen-bond donors (Lipinski definition) is 1. The quantitative estimate of drug-likeness (QED) is 0.736. The average molecular weight is 191 g/mol. The second-order valence-electron chi connectivity index (χ2n) is 4.04. The van der Waals surface area contributed by atoms with Gasteiger partial charge in [0, 0.05) is 24.8 Å². The van der Waals surface area contributed by atoms with E-state index in [1.807, 2.05) is 6.92 Å². The fraction of sp³-hybridized carbons (Fsp3) is 0.545. The Kier molecular flexibility index (Phi) is 2.32. The Labute approximate surface area is 85.1 Å². The molecule has 2 heterocycles. The molecule has 0 bridgehead atoms. The lowest BCUT2D eigenvalue weighted by Crippen LogP contribution is -2.39. The maximum absolute atomic E-state index is 4.58. The number of aromatic nitrogens is 1. The minimum Gasteiger partial charge on any atom is -0.380 e. The third-order valence-corrected chi connectivity index (χ3v) is 2.58. The van der Waals surface area contributed by atoms with Crippen molar-refractivity contribution in [2.75, 3.05) is 23.3 Å². The van der Waals surface area contributed by atoms with Crippen molar-refractivity contribution in [1.82, 2.24) is 4.98 Å². The first-order valence-corrected chi connectivity index (χ1v) is 5.16. The molecule has 1 aliphatic rings. The lowest BCUT2D eigenvalue weighted by atomic mass is 10.2. The molecule has 14 heavy (non-hydrogen) atoms. The van der Waals surface area contributed by atoms with Gasteiger partial charge in [0.15, 0.2) is 5.82 Å². The van der Waals surface area contributed by atoms with E-state index >= 15 is 0 Å². The molecule has 2 rings (SSSR count). The van der Waals surface area contributed by atoms with Crippen molar-refractivity contribution in [3.8, 4) is 0 Å². The zero-order valence-corrected chi connectivity index (χ0v) is 9.04. The Balaban J connectivity index is 2.41. The average Bonchev–Trinajstić information content (AvgIpc) is 2.16. The molecule has 0 saturated carbocycles. The van der Waals surface area contributed by atoms with Crippen LogP contribution in [0.25, 0.3) is 0 Å². The van der Waals surface area contributed by atoms with Gasteiger partial charge in [0.1, 0.15) is 0 Å². The van der Waals surface area contributed by atoms with Crippen LogP contribution >= 0.6 is 0 Å². The van der Waals surface area contributed by atoms with E-state index in [1.165, 1.54) is 0 Å². The van der Waals surface area contributed by atoms with Gasteiger partial charge in [-0.2, -0.15) is 0 Å². The van der Waals surface area contributed by atoms with E-state index in [1.54, 1.807) is 0 Å². The van der Waals surface area contributed by atoms with Gasteiger partial charge in [0.2, 0.25) is 0 Å². The van der Waals surface area contributed by atoms with Gasteiger partial charge in [-0.15, -0.1) is 0 Å². The van der Waals surface area contributed by atoms with Crippen LogP contribution < -0.4 is 10.2 Å². The summed E-state index contributed by atoms with van der Waals surface area (Å²) in [6.07, 6.45) is 0. The third kappa shape index (κ3) is 1.54. The van der Waals surface area contributed by atoms with Crippen LogP contribution in [0.5, 0.6) is 0 Å². The number of hydrogen-bond acceptors (Lipinski definition) is 3. The summed E-state index contributed by atoms with van der Waals surface area (Å²) >= 11 is 0. The summed E-state index contributed by atoms with van der Waals surface area (Å²) < 4.78 is 0. The number of nitrogens with one attached hydrogen (secondary N) is 1. The maximum Gasteiger partial charge on any atom is 0.152 e. The second kappa shape index (κ2) is 3.48. The summed E-state index contributed by atoms with van der Waals surface area (Å²) in [5, 5.41) is 3.37. The fourth-order valence-electron chi connectivity index (χ4n) is 1.82. The Hall–Kier alpha value is -1.25. The number of nitrogens with zero attached hydrogens (tertiary/aromatic N) is 2. The van der Waals surface area contributed by atoms with Crippen molar-refractivity contribution < 1.29 is 0 Å². The van der Waals surface area contributed by atoms with E-state index < -0.39 is 0 Å². The summed E-state index contributed by atoms with van der Waals surface area (Å²) in [6, 6.07) is 4.69. The van der Waals surface area contributed by atoms with Crippen molar-refractivity contribution in [3.05, 3.63) is 17.8 Å². The van der Waals surface area contributed by atoms with E-state index in [0.717, 1.165) is 30.3 Å². The number of anilines is 2. The molecular formula is C11H17N3. The molecule has 1 aromatic rings. The predicted molar refractivity (Wildman–Crippen MR) is 59.9 cm³/mol. The Morgan fingerprint density at radius 2 is 2.21 bits per heavy atom. The van der Waals surface area contributed by atoms with Crippen molar-refractivity contribution in [1.29, 1.82) is 0 Å². The van der Waals surface area contributed by atoms with E-state index in [0.29, 0.717) is 6.04 Å². The molecular weight excluding hydrogens is 174 g/mol. The molecule has 76 valence electrons. The van der Waals surface area contributed by atoms with Gasteiger partial charge in [0.25, 0.3) is 0 Å². The highest BCUT2D eigenvalue weighted by Crippen LogP contribution is 2.28. The highest BCUT2D eigenvalue weighted by Gasteiger charge is 2.19. The van der Waals surface area contributed by atoms with Crippen molar-refractivity contribution in [2.24, 2.45) is 0 Å². The molecule has 0 aliphatic carbocycles. The van der Waals surface area contributed by atoms with Crippen LogP contribution in [-0.2, 0) is 0 Å². The van der Waals surface area contributed by atoms with Crippen molar-refractivity contribution >= 4 is 11.5 Å². The topological polar surface area (TPSA) is 28.2 Å². The summed E-state index contributed by atoms with van der Waals surface area (Å²) in [5.74, 6) is 1.10. The standard InChI is InChI=1S/C11H17N3/c1-8(2)14-7-6-12-10-5-4-9(3)13-11(10)14/h4-5,8,12H,6-7H2,1-3H3. The summed E-state index contributed by atoms with van der Waals surface area (Å²) in [7, 11) is 0. The largest absolute Gasteiger partial charge is 0.380 e. The fourth-order valence-corrected chi connectivity index (χ4v) is 1.82. The molecule has 0 saturated heterocycles. The van der Waals surface area contributed by atoms with Crippen LogP contribution in [0.2, 0.25) is 0 Å². The van der Waals surface area contributed by atoms with Crippen LogP contribution in [0.15, 0.2) is 12.1 Å². The Bertz CT molecular complexity index is 333. The lowest BCUT2D eigenvalue weighted by Gasteiger charge is -2.34. The van der Waals surface area contributed by atoms with E-state index in [-0.39, 0.29) is 0 Å². The number of rotatable bonds is 1. The third-order valence-electron chi connectivity index (χ3n) is 2.58. The first-order chi connectivity index (χ1) is 6.68. The molecule has 3 heteroatoms. The van der Waals surface area contributed by atoms with Gasteiger partial charge >= 0.3 is 0 Å². The zero-order chi connectivity index (χ0) is 10.1. The Morgan fingerprint density at radius 1 is 1.43 bits per heavy atom. The van der Waals surface area contributed by atoms with Gasteiger partial charge < -0.3 is 10.2 Å².